The Morgan fingerprint density at radius 1 is 1.37 bits per heavy atom. The van der Waals surface area contributed by atoms with Gasteiger partial charge in [-0.1, -0.05) is 6.07 Å². The van der Waals surface area contributed by atoms with E-state index in [1.54, 1.807) is 12.1 Å². The number of ether oxygens (including phenoxy) is 1. The lowest BCUT2D eigenvalue weighted by molar-refractivity contribution is -0.0498. The van der Waals surface area contributed by atoms with E-state index in [1.807, 2.05) is 13.0 Å². The number of alkyl halides is 2. The molecule has 2 fully saturated rings. The predicted octanol–water partition coefficient (Wildman–Crippen LogP) is 3.45. The minimum absolute atomic E-state index is 0.259. The molecule has 1 saturated carbocycles. The first kappa shape index (κ1) is 12.9. The molecule has 0 radical (unpaired) electrons. The largest absolute Gasteiger partial charge is 0.435 e. The molecule has 19 heavy (non-hydrogen) atoms. The molecular formula is C15H19F2NO. The Labute approximate surface area is 112 Å². The third-order valence-electron chi connectivity index (χ3n) is 4.61. The van der Waals surface area contributed by atoms with Crippen molar-refractivity contribution in [2.24, 2.45) is 5.41 Å². The van der Waals surface area contributed by atoms with Crippen LogP contribution < -0.4 is 10.1 Å². The molecule has 1 N–H and O–H groups in total. The van der Waals surface area contributed by atoms with Gasteiger partial charge in [-0.05, 0) is 60.8 Å². The second kappa shape index (κ2) is 4.75. The molecule has 1 unspecified atom stereocenters. The van der Waals surface area contributed by atoms with E-state index in [2.05, 4.69) is 10.1 Å². The van der Waals surface area contributed by atoms with Crippen LogP contribution in [0, 0.1) is 12.3 Å². The Morgan fingerprint density at radius 2 is 2.16 bits per heavy atom. The normalized spacial score (nSPS) is 24.7. The highest BCUT2D eigenvalue weighted by Crippen LogP contribution is 2.49. The van der Waals surface area contributed by atoms with Crippen LogP contribution in [-0.4, -0.2) is 19.7 Å². The van der Waals surface area contributed by atoms with Crippen molar-refractivity contribution >= 4 is 0 Å². The molecule has 0 aromatic heterocycles. The Balaban J connectivity index is 1.74. The van der Waals surface area contributed by atoms with Crippen molar-refractivity contribution in [2.45, 2.75) is 38.7 Å². The van der Waals surface area contributed by atoms with Crippen LogP contribution in [0.15, 0.2) is 18.2 Å². The highest BCUT2D eigenvalue weighted by molar-refractivity contribution is 5.37. The van der Waals surface area contributed by atoms with E-state index >= 15 is 0 Å². The van der Waals surface area contributed by atoms with Crippen molar-refractivity contribution in [3.05, 3.63) is 29.3 Å². The van der Waals surface area contributed by atoms with Gasteiger partial charge in [0.15, 0.2) is 0 Å². The molecule has 1 spiro atoms. The molecular weight excluding hydrogens is 248 g/mol. The summed E-state index contributed by atoms with van der Waals surface area (Å²) in [4.78, 5) is 0. The van der Waals surface area contributed by atoms with Crippen LogP contribution in [0.3, 0.4) is 0 Å². The average molecular weight is 267 g/mol. The van der Waals surface area contributed by atoms with Crippen LogP contribution in [0.5, 0.6) is 5.75 Å². The van der Waals surface area contributed by atoms with Gasteiger partial charge in [0, 0.05) is 13.1 Å². The SMILES string of the molecule is Cc1cc(OC(F)F)ccc1C1CCC2(CNC2)C1. The third kappa shape index (κ3) is 2.46. The number of aryl methyl sites for hydroxylation is 1. The second-order valence-corrected chi connectivity index (χ2v) is 5.94. The average Bonchev–Trinajstić information content (AvgIpc) is 2.73. The maximum Gasteiger partial charge on any atom is 0.387 e. The van der Waals surface area contributed by atoms with E-state index in [-0.39, 0.29) is 5.75 Å². The first-order chi connectivity index (χ1) is 9.08. The van der Waals surface area contributed by atoms with Crippen molar-refractivity contribution in [1.29, 1.82) is 0 Å². The van der Waals surface area contributed by atoms with Gasteiger partial charge in [0.25, 0.3) is 0 Å². The van der Waals surface area contributed by atoms with Gasteiger partial charge in [-0.25, -0.2) is 0 Å². The number of nitrogens with one attached hydrogen (secondary N) is 1. The molecule has 0 amide bonds. The maximum atomic E-state index is 12.2. The number of benzene rings is 1. The quantitative estimate of drug-likeness (QED) is 0.905. The lowest BCUT2D eigenvalue weighted by Crippen LogP contribution is -2.51. The molecule has 1 heterocycles. The fraction of sp³-hybridized carbons (Fsp3) is 0.600. The topological polar surface area (TPSA) is 21.3 Å². The summed E-state index contributed by atoms with van der Waals surface area (Å²) >= 11 is 0. The molecule has 2 aliphatic rings. The van der Waals surface area contributed by atoms with Gasteiger partial charge in [0.2, 0.25) is 0 Å². The molecule has 4 heteroatoms. The lowest BCUT2D eigenvalue weighted by atomic mass is 9.78. The van der Waals surface area contributed by atoms with Crippen LogP contribution in [0.2, 0.25) is 0 Å². The Hall–Kier alpha value is -1.16. The van der Waals surface area contributed by atoms with Crippen LogP contribution in [0.1, 0.15) is 36.3 Å². The van der Waals surface area contributed by atoms with Crippen LogP contribution in [-0.2, 0) is 0 Å². The van der Waals surface area contributed by atoms with Gasteiger partial charge in [-0.3, -0.25) is 0 Å². The van der Waals surface area contributed by atoms with Crippen molar-refractivity contribution < 1.29 is 13.5 Å². The van der Waals surface area contributed by atoms with Gasteiger partial charge >= 0.3 is 6.61 Å². The molecule has 2 nitrogen and oxygen atoms in total. The summed E-state index contributed by atoms with van der Waals surface area (Å²) in [5.74, 6) is 0.831. The first-order valence-corrected chi connectivity index (χ1v) is 6.84. The molecule has 3 rings (SSSR count). The monoisotopic (exact) mass is 267 g/mol. The summed E-state index contributed by atoms with van der Waals surface area (Å²) in [5.41, 5.74) is 2.87. The summed E-state index contributed by atoms with van der Waals surface area (Å²) in [6.45, 7) is 1.50. The summed E-state index contributed by atoms with van der Waals surface area (Å²) < 4.78 is 28.8. The molecule has 1 aliphatic carbocycles. The zero-order valence-electron chi connectivity index (χ0n) is 11.1. The smallest absolute Gasteiger partial charge is 0.387 e. The Bertz CT molecular complexity index is 471. The lowest BCUT2D eigenvalue weighted by Gasteiger charge is -2.39. The molecule has 1 aliphatic heterocycles. The highest BCUT2D eigenvalue weighted by Gasteiger charge is 2.44. The first-order valence-electron chi connectivity index (χ1n) is 6.84. The zero-order chi connectivity index (χ0) is 13.5. The van der Waals surface area contributed by atoms with Gasteiger partial charge < -0.3 is 10.1 Å². The van der Waals surface area contributed by atoms with E-state index in [0.29, 0.717) is 11.3 Å². The fourth-order valence-electron chi connectivity index (χ4n) is 3.55. The van der Waals surface area contributed by atoms with Crippen molar-refractivity contribution in [3.63, 3.8) is 0 Å². The van der Waals surface area contributed by atoms with Crippen molar-refractivity contribution in [3.8, 4) is 5.75 Å². The van der Waals surface area contributed by atoms with Gasteiger partial charge in [0.1, 0.15) is 5.75 Å². The second-order valence-electron chi connectivity index (χ2n) is 5.94. The third-order valence-corrected chi connectivity index (χ3v) is 4.61. The summed E-state index contributed by atoms with van der Waals surface area (Å²) in [6, 6.07) is 5.35. The van der Waals surface area contributed by atoms with E-state index in [1.165, 1.54) is 24.8 Å². The van der Waals surface area contributed by atoms with E-state index in [4.69, 9.17) is 0 Å². The molecule has 1 aromatic carbocycles. The minimum Gasteiger partial charge on any atom is -0.435 e. The number of hydrogen-bond acceptors (Lipinski definition) is 2. The molecule has 104 valence electrons. The molecule has 1 atom stereocenters. The minimum atomic E-state index is -2.75. The highest BCUT2D eigenvalue weighted by atomic mass is 19.3. The van der Waals surface area contributed by atoms with Gasteiger partial charge in [-0.2, -0.15) is 8.78 Å². The predicted molar refractivity (Wildman–Crippen MR) is 69.7 cm³/mol. The van der Waals surface area contributed by atoms with Crippen LogP contribution >= 0.6 is 0 Å². The molecule has 1 saturated heterocycles. The fourth-order valence-corrected chi connectivity index (χ4v) is 3.55. The Kier molecular flexibility index (Phi) is 3.21. The number of rotatable bonds is 3. The van der Waals surface area contributed by atoms with Crippen molar-refractivity contribution in [1.82, 2.24) is 5.32 Å². The van der Waals surface area contributed by atoms with E-state index < -0.39 is 6.61 Å². The Morgan fingerprint density at radius 3 is 2.68 bits per heavy atom. The molecule has 0 bridgehead atoms. The van der Waals surface area contributed by atoms with Crippen molar-refractivity contribution in [2.75, 3.05) is 13.1 Å². The van der Waals surface area contributed by atoms with Gasteiger partial charge in [0.05, 0.1) is 0 Å². The number of halogens is 2. The summed E-state index contributed by atoms with van der Waals surface area (Å²) in [7, 11) is 0. The van der Waals surface area contributed by atoms with Crippen LogP contribution in [0.4, 0.5) is 8.78 Å². The van der Waals surface area contributed by atoms with E-state index in [9.17, 15) is 8.78 Å². The van der Waals surface area contributed by atoms with Gasteiger partial charge in [-0.15, -0.1) is 0 Å². The van der Waals surface area contributed by atoms with E-state index in [0.717, 1.165) is 18.7 Å². The zero-order valence-corrected chi connectivity index (χ0v) is 11.1. The summed E-state index contributed by atoms with van der Waals surface area (Å²) in [6.07, 6.45) is 3.70. The summed E-state index contributed by atoms with van der Waals surface area (Å²) in [5, 5.41) is 3.36. The number of hydrogen-bond donors (Lipinski definition) is 1. The molecule has 1 aromatic rings. The standard InChI is InChI=1S/C15H19F2NO/c1-10-6-12(19-14(16)17)2-3-13(10)11-4-5-15(7-11)8-18-9-15/h2-3,6,11,14,18H,4-5,7-9H2,1H3. The maximum absolute atomic E-state index is 12.2. The van der Waals surface area contributed by atoms with Crippen LogP contribution in [0.25, 0.3) is 0 Å².